The molecule has 0 radical (unpaired) electrons. The highest BCUT2D eigenvalue weighted by molar-refractivity contribution is 5.42. The third-order valence-electron chi connectivity index (χ3n) is 2.67. The zero-order valence-electron chi connectivity index (χ0n) is 10.0. The third kappa shape index (κ3) is 3.32. The van der Waals surface area contributed by atoms with E-state index in [1.165, 1.54) is 6.42 Å². The zero-order valence-corrected chi connectivity index (χ0v) is 10.0. The van der Waals surface area contributed by atoms with E-state index in [0.29, 0.717) is 0 Å². The molecule has 0 amide bonds. The van der Waals surface area contributed by atoms with Crippen molar-refractivity contribution in [1.29, 1.82) is 0 Å². The van der Waals surface area contributed by atoms with Crippen molar-refractivity contribution < 1.29 is 0 Å². The van der Waals surface area contributed by atoms with E-state index >= 15 is 0 Å². The van der Waals surface area contributed by atoms with Crippen LogP contribution >= 0.6 is 0 Å². The lowest BCUT2D eigenvalue weighted by atomic mass is 9.69. The fourth-order valence-electron chi connectivity index (χ4n) is 1.85. The molecule has 1 rings (SSSR count). The summed E-state index contributed by atoms with van der Waals surface area (Å²) < 4.78 is 0. The highest BCUT2D eigenvalue weighted by atomic mass is 14.3. The van der Waals surface area contributed by atoms with Crippen LogP contribution in [0.15, 0.2) is 23.3 Å². The molecule has 1 atom stereocenters. The summed E-state index contributed by atoms with van der Waals surface area (Å²) in [5, 5.41) is 0. The molecular weight excluding hydrogens is 168 g/mol. The molecule has 0 bridgehead atoms. The average Bonchev–Trinajstić information content (AvgIpc) is 2.07. The van der Waals surface area contributed by atoms with Gasteiger partial charge in [0, 0.05) is 0 Å². The Morgan fingerprint density at radius 3 is 1.93 bits per heavy atom. The van der Waals surface area contributed by atoms with Gasteiger partial charge in [-0.3, -0.25) is 0 Å². The standard InChI is InChI=1S/C11H18.C2H6.CH4/c1-5-9-7-11(8(3)4)10(9)6-2;1-2;/h5-6,8,11H,7H2,1-4H3;1-2H3;1H4/b9-5-,10-6+;;. The largest absolute Gasteiger partial charge is 0.0841 e. The Morgan fingerprint density at radius 2 is 1.64 bits per heavy atom. The quantitative estimate of drug-likeness (QED) is 0.539. The number of allylic oxidation sites excluding steroid dienone is 4. The van der Waals surface area contributed by atoms with Crippen LogP contribution in [0.3, 0.4) is 0 Å². The first-order valence-corrected chi connectivity index (χ1v) is 5.52. The maximum absolute atomic E-state index is 2.31. The second-order valence-electron chi connectivity index (χ2n) is 3.61. The molecule has 0 saturated heterocycles. The summed E-state index contributed by atoms with van der Waals surface area (Å²) in [5.74, 6) is 1.65. The molecule has 0 spiro atoms. The van der Waals surface area contributed by atoms with E-state index in [2.05, 4.69) is 39.8 Å². The van der Waals surface area contributed by atoms with Crippen molar-refractivity contribution >= 4 is 0 Å². The summed E-state index contributed by atoms with van der Waals surface area (Å²) in [5.41, 5.74) is 3.15. The molecule has 0 aromatic carbocycles. The Labute approximate surface area is 91.1 Å². The number of hydrogen-bond donors (Lipinski definition) is 0. The van der Waals surface area contributed by atoms with Crippen molar-refractivity contribution in [2.45, 2.75) is 55.4 Å². The topological polar surface area (TPSA) is 0 Å². The predicted octanol–water partition coefficient (Wildman–Crippen LogP) is 5.22. The molecule has 84 valence electrons. The Balaban J connectivity index is 0. The van der Waals surface area contributed by atoms with Crippen LogP contribution in [0.4, 0.5) is 0 Å². The maximum atomic E-state index is 2.31. The van der Waals surface area contributed by atoms with Gasteiger partial charge in [-0.2, -0.15) is 0 Å². The minimum atomic E-state index is 0. The zero-order chi connectivity index (χ0) is 10.4. The van der Waals surface area contributed by atoms with Gasteiger partial charge < -0.3 is 0 Å². The molecule has 0 aliphatic heterocycles. The van der Waals surface area contributed by atoms with Gasteiger partial charge in [0.25, 0.3) is 0 Å². The third-order valence-corrected chi connectivity index (χ3v) is 2.67. The number of hydrogen-bond acceptors (Lipinski definition) is 0. The summed E-state index contributed by atoms with van der Waals surface area (Å²) in [6.45, 7) is 12.9. The summed E-state index contributed by atoms with van der Waals surface area (Å²) in [7, 11) is 0. The maximum Gasteiger partial charge on any atom is -0.00991 e. The normalized spacial score (nSPS) is 25.2. The molecule has 1 aliphatic rings. The monoisotopic (exact) mass is 196 g/mol. The molecule has 14 heavy (non-hydrogen) atoms. The second-order valence-corrected chi connectivity index (χ2v) is 3.61. The SMILES string of the molecule is C.C/C=C1/CC(C(C)C)/C1=C/C.CC. The summed E-state index contributed by atoms with van der Waals surface area (Å²) in [4.78, 5) is 0. The molecule has 0 nitrogen and oxygen atoms in total. The molecule has 1 saturated carbocycles. The van der Waals surface area contributed by atoms with E-state index in [4.69, 9.17) is 0 Å². The first-order chi connectivity index (χ1) is 6.20. The Bertz CT molecular complexity index is 194. The summed E-state index contributed by atoms with van der Waals surface area (Å²) in [6.07, 6.45) is 5.81. The van der Waals surface area contributed by atoms with E-state index in [0.717, 1.165) is 11.8 Å². The minimum Gasteiger partial charge on any atom is -0.0841 e. The average molecular weight is 196 g/mol. The lowest BCUT2D eigenvalue weighted by Crippen LogP contribution is -2.23. The summed E-state index contributed by atoms with van der Waals surface area (Å²) >= 11 is 0. The van der Waals surface area contributed by atoms with Crippen molar-refractivity contribution in [1.82, 2.24) is 0 Å². The van der Waals surface area contributed by atoms with E-state index in [9.17, 15) is 0 Å². The Hall–Kier alpha value is -0.520. The lowest BCUT2D eigenvalue weighted by molar-refractivity contribution is 0.393. The molecule has 0 aromatic rings. The highest BCUT2D eigenvalue weighted by Gasteiger charge is 2.30. The lowest BCUT2D eigenvalue weighted by Gasteiger charge is -2.36. The van der Waals surface area contributed by atoms with Gasteiger partial charge >= 0.3 is 0 Å². The van der Waals surface area contributed by atoms with Crippen LogP contribution < -0.4 is 0 Å². The van der Waals surface area contributed by atoms with Crippen LogP contribution in [0.5, 0.6) is 0 Å². The van der Waals surface area contributed by atoms with Crippen molar-refractivity contribution in [3.05, 3.63) is 23.3 Å². The first-order valence-electron chi connectivity index (χ1n) is 5.52. The highest BCUT2D eigenvalue weighted by Crippen LogP contribution is 2.43. The van der Waals surface area contributed by atoms with Gasteiger partial charge in [0.05, 0.1) is 0 Å². The van der Waals surface area contributed by atoms with Crippen LogP contribution in [0.1, 0.15) is 55.4 Å². The Morgan fingerprint density at radius 1 is 1.14 bits per heavy atom. The van der Waals surface area contributed by atoms with Gasteiger partial charge in [0.15, 0.2) is 0 Å². The summed E-state index contributed by atoms with van der Waals surface area (Å²) in [6, 6.07) is 0. The van der Waals surface area contributed by atoms with Crippen LogP contribution in [-0.2, 0) is 0 Å². The van der Waals surface area contributed by atoms with Crippen molar-refractivity contribution in [3.8, 4) is 0 Å². The molecule has 0 aromatic heterocycles. The van der Waals surface area contributed by atoms with Gasteiger partial charge in [-0.1, -0.05) is 47.3 Å². The van der Waals surface area contributed by atoms with Gasteiger partial charge in [0.2, 0.25) is 0 Å². The van der Waals surface area contributed by atoms with Gasteiger partial charge in [-0.25, -0.2) is 0 Å². The predicted molar refractivity (Wildman–Crippen MR) is 68.5 cm³/mol. The van der Waals surface area contributed by atoms with Crippen molar-refractivity contribution in [2.75, 3.05) is 0 Å². The molecule has 1 unspecified atom stereocenters. The molecule has 0 N–H and O–H groups in total. The minimum absolute atomic E-state index is 0. The van der Waals surface area contributed by atoms with E-state index in [1.54, 1.807) is 11.1 Å². The molecule has 1 aliphatic carbocycles. The van der Waals surface area contributed by atoms with Crippen LogP contribution in [0.2, 0.25) is 0 Å². The van der Waals surface area contributed by atoms with Crippen LogP contribution in [0.25, 0.3) is 0 Å². The van der Waals surface area contributed by atoms with Gasteiger partial charge in [-0.15, -0.1) is 0 Å². The van der Waals surface area contributed by atoms with E-state index in [-0.39, 0.29) is 7.43 Å². The molecule has 0 heteroatoms. The van der Waals surface area contributed by atoms with Gasteiger partial charge in [0.1, 0.15) is 0 Å². The fourth-order valence-corrected chi connectivity index (χ4v) is 1.85. The smallest absolute Gasteiger partial charge is 0.00991 e. The number of rotatable bonds is 1. The van der Waals surface area contributed by atoms with Gasteiger partial charge in [-0.05, 0) is 43.3 Å². The fraction of sp³-hybridized carbons (Fsp3) is 0.714. The first kappa shape index (κ1) is 15.9. The van der Waals surface area contributed by atoms with Crippen LogP contribution in [-0.4, -0.2) is 0 Å². The van der Waals surface area contributed by atoms with E-state index in [1.807, 2.05) is 13.8 Å². The Kier molecular flexibility index (Phi) is 8.93. The van der Waals surface area contributed by atoms with Crippen molar-refractivity contribution in [3.63, 3.8) is 0 Å². The van der Waals surface area contributed by atoms with Crippen molar-refractivity contribution in [2.24, 2.45) is 11.8 Å². The van der Waals surface area contributed by atoms with E-state index < -0.39 is 0 Å². The van der Waals surface area contributed by atoms with Crippen LogP contribution in [0, 0.1) is 11.8 Å². The second kappa shape index (κ2) is 7.84. The molecule has 0 heterocycles. The molecule has 1 fully saturated rings. The molecular formula is C14H28.